The zero-order chi connectivity index (χ0) is 9.84. The quantitative estimate of drug-likeness (QED) is 0.710. The van der Waals surface area contributed by atoms with E-state index in [1.54, 1.807) is 0 Å². The highest BCUT2D eigenvalue weighted by molar-refractivity contribution is 4.89. The van der Waals surface area contributed by atoms with E-state index in [0.717, 1.165) is 18.8 Å². The first-order valence-electron chi connectivity index (χ1n) is 5.22. The molecule has 1 aliphatic rings. The molecular weight excluding hydrogens is 162 g/mol. The van der Waals surface area contributed by atoms with Crippen molar-refractivity contribution in [3.8, 4) is 6.07 Å². The summed E-state index contributed by atoms with van der Waals surface area (Å²) in [6.45, 7) is 4.04. The second-order valence-corrected chi connectivity index (χ2v) is 4.44. The molecular formula is C11H19NO. The van der Waals surface area contributed by atoms with Gasteiger partial charge in [0.1, 0.15) is 0 Å². The van der Waals surface area contributed by atoms with E-state index in [9.17, 15) is 5.11 Å². The summed E-state index contributed by atoms with van der Waals surface area (Å²) in [5.41, 5.74) is 0. The van der Waals surface area contributed by atoms with Crippen molar-refractivity contribution < 1.29 is 5.11 Å². The lowest BCUT2D eigenvalue weighted by Crippen LogP contribution is -2.30. The average molecular weight is 181 g/mol. The van der Waals surface area contributed by atoms with Crippen LogP contribution in [0.1, 0.15) is 39.5 Å². The molecule has 4 unspecified atom stereocenters. The molecule has 0 bridgehead atoms. The standard InChI is InChI=1S/C11H19NO/c1-8-4-3-5-10(6-8)11(13)9(2)7-12/h8-11,13H,3-6H2,1-2H3. The molecule has 1 saturated carbocycles. The first-order valence-corrected chi connectivity index (χ1v) is 5.22. The molecule has 0 aromatic carbocycles. The SMILES string of the molecule is CC1CCCC(C(O)C(C)C#N)C1. The minimum absolute atomic E-state index is 0.213. The molecule has 2 heteroatoms. The maximum absolute atomic E-state index is 9.84. The number of rotatable bonds is 2. The molecule has 1 aliphatic carbocycles. The Morgan fingerprint density at radius 2 is 2.15 bits per heavy atom. The van der Waals surface area contributed by atoms with Gasteiger partial charge in [0.25, 0.3) is 0 Å². The van der Waals surface area contributed by atoms with Crippen LogP contribution >= 0.6 is 0 Å². The second kappa shape index (κ2) is 4.62. The third-order valence-corrected chi connectivity index (χ3v) is 3.18. The summed E-state index contributed by atoms with van der Waals surface area (Å²) in [7, 11) is 0. The van der Waals surface area contributed by atoms with Gasteiger partial charge in [-0.15, -0.1) is 0 Å². The van der Waals surface area contributed by atoms with Gasteiger partial charge in [0, 0.05) is 0 Å². The maximum Gasteiger partial charge on any atom is 0.0723 e. The van der Waals surface area contributed by atoms with Crippen LogP contribution in [-0.2, 0) is 0 Å². The topological polar surface area (TPSA) is 44.0 Å². The monoisotopic (exact) mass is 181 g/mol. The van der Waals surface area contributed by atoms with Gasteiger partial charge in [-0.05, 0) is 31.6 Å². The van der Waals surface area contributed by atoms with Crippen LogP contribution in [0.5, 0.6) is 0 Å². The second-order valence-electron chi connectivity index (χ2n) is 4.44. The minimum atomic E-state index is -0.409. The van der Waals surface area contributed by atoms with Gasteiger partial charge in [0.15, 0.2) is 0 Å². The highest BCUT2D eigenvalue weighted by Crippen LogP contribution is 2.32. The van der Waals surface area contributed by atoms with E-state index in [0.29, 0.717) is 5.92 Å². The predicted molar refractivity (Wildman–Crippen MR) is 51.9 cm³/mol. The smallest absolute Gasteiger partial charge is 0.0723 e. The summed E-state index contributed by atoms with van der Waals surface area (Å²) in [6, 6.07) is 2.13. The fourth-order valence-corrected chi connectivity index (χ4v) is 2.28. The fourth-order valence-electron chi connectivity index (χ4n) is 2.28. The Balaban J connectivity index is 2.46. The Morgan fingerprint density at radius 1 is 1.46 bits per heavy atom. The number of hydrogen-bond donors (Lipinski definition) is 1. The van der Waals surface area contributed by atoms with Crippen molar-refractivity contribution in [3.05, 3.63) is 0 Å². The van der Waals surface area contributed by atoms with Crippen molar-refractivity contribution in [2.45, 2.75) is 45.6 Å². The van der Waals surface area contributed by atoms with Crippen LogP contribution in [0.15, 0.2) is 0 Å². The molecule has 1 fully saturated rings. The van der Waals surface area contributed by atoms with E-state index in [4.69, 9.17) is 5.26 Å². The van der Waals surface area contributed by atoms with Gasteiger partial charge in [-0.2, -0.15) is 5.26 Å². The molecule has 1 rings (SSSR count). The first-order chi connectivity index (χ1) is 6.15. The maximum atomic E-state index is 9.84. The summed E-state index contributed by atoms with van der Waals surface area (Å²) in [4.78, 5) is 0. The number of aliphatic hydroxyl groups excluding tert-OH is 1. The molecule has 74 valence electrons. The Bertz CT molecular complexity index is 197. The van der Waals surface area contributed by atoms with Gasteiger partial charge in [0.05, 0.1) is 18.1 Å². The van der Waals surface area contributed by atoms with Gasteiger partial charge in [0.2, 0.25) is 0 Å². The van der Waals surface area contributed by atoms with E-state index in [1.807, 2.05) is 6.92 Å². The highest BCUT2D eigenvalue weighted by Gasteiger charge is 2.28. The molecule has 2 nitrogen and oxygen atoms in total. The van der Waals surface area contributed by atoms with Crippen LogP contribution in [0, 0.1) is 29.1 Å². The molecule has 0 saturated heterocycles. The molecule has 0 heterocycles. The van der Waals surface area contributed by atoms with Crippen LogP contribution in [0.4, 0.5) is 0 Å². The van der Waals surface area contributed by atoms with Crippen LogP contribution in [0.3, 0.4) is 0 Å². The third kappa shape index (κ3) is 2.70. The average Bonchev–Trinajstić information content (AvgIpc) is 2.15. The molecule has 0 aromatic heterocycles. The van der Waals surface area contributed by atoms with Gasteiger partial charge in [-0.25, -0.2) is 0 Å². The molecule has 4 atom stereocenters. The van der Waals surface area contributed by atoms with Crippen molar-refractivity contribution in [3.63, 3.8) is 0 Å². The lowest BCUT2D eigenvalue weighted by Gasteiger charge is -2.31. The summed E-state index contributed by atoms with van der Waals surface area (Å²) in [5, 5.41) is 18.5. The normalized spacial score (nSPS) is 33.4. The Morgan fingerprint density at radius 3 is 2.69 bits per heavy atom. The Kier molecular flexibility index (Phi) is 3.74. The lowest BCUT2D eigenvalue weighted by molar-refractivity contribution is 0.0470. The zero-order valence-electron chi connectivity index (χ0n) is 8.53. The first kappa shape index (κ1) is 10.5. The molecule has 0 aliphatic heterocycles. The van der Waals surface area contributed by atoms with E-state index >= 15 is 0 Å². The molecule has 13 heavy (non-hydrogen) atoms. The number of nitriles is 1. The van der Waals surface area contributed by atoms with Crippen LogP contribution in [0.2, 0.25) is 0 Å². The number of aliphatic hydroxyl groups is 1. The van der Waals surface area contributed by atoms with Crippen molar-refractivity contribution in [1.82, 2.24) is 0 Å². The summed E-state index contributed by atoms with van der Waals surface area (Å²) in [5.74, 6) is 0.869. The Labute approximate surface area is 80.6 Å². The van der Waals surface area contributed by atoms with Gasteiger partial charge >= 0.3 is 0 Å². The van der Waals surface area contributed by atoms with E-state index in [-0.39, 0.29) is 5.92 Å². The molecule has 0 amide bonds. The van der Waals surface area contributed by atoms with E-state index < -0.39 is 6.10 Å². The third-order valence-electron chi connectivity index (χ3n) is 3.18. The molecule has 1 N–H and O–H groups in total. The minimum Gasteiger partial charge on any atom is -0.391 e. The lowest BCUT2D eigenvalue weighted by atomic mass is 9.77. The van der Waals surface area contributed by atoms with Gasteiger partial charge < -0.3 is 5.11 Å². The van der Waals surface area contributed by atoms with Gasteiger partial charge in [-0.3, -0.25) is 0 Å². The van der Waals surface area contributed by atoms with Crippen molar-refractivity contribution in [2.24, 2.45) is 17.8 Å². The van der Waals surface area contributed by atoms with E-state index in [1.165, 1.54) is 12.8 Å². The molecule has 0 radical (unpaired) electrons. The molecule has 0 spiro atoms. The summed E-state index contributed by atoms with van der Waals surface area (Å²) in [6.07, 6.45) is 4.27. The van der Waals surface area contributed by atoms with Crippen molar-refractivity contribution in [1.29, 1.82) is 5.26 Å². The fraction of sp³-hybridized carbons (Fsp3) is 0.909. The Hall–Kier alpha value is -0.550. The summed E-state index contributed by atoms with van der Waals surface area (Å²) < 4.78 is 0. The predicted octanol–water partition coefficient (Wildman–Crippen LogP) is 2.33. The van der Waals surface area contributed by atoms with Crippen LogP contribution in [0.25, 0.3) is 0 Å². The number of hydrogen-bond acceptors (Lipinski definition) is 2. The van der Waals surface area contributed by atoms with Gasteiger partial charge in [-0.1, -0.05) is 19.8 Å². The largest absolute Gasteiger partial charge is 0.391 e. The van der Waals surface area contributed by atoms with E-state index in [2.05, 4.69) is 13.0 Å². The summed E-state index contributed by atoms with van der Waals surface area (Å²) >= 11 is 0. The number of nitrogens with zero attached hydrogens (tertiary/aromatic N) is 1. The molecule has 0 aromatic rings. The highest BCUT2D eigenvalue weighted by atomic mass is 16.3. The van der Waals surface area contributed by atoms with Crippen molar-refractivity contribution >= 4 is 0 Å². The zero-order valence-corrected chi connectivity index (χ0v) is 8.53. The van der Waals surface area contributed by atoms with Crippen LogP contribution < -0.4 is 0 Å². The van der Waals surface area contributed by atoms with Crippen LogP contribution in [-0.4, -0.2) is 11.2 Å². The van der Waals surface area contributed by atoms with Crippen molar-refractivity contribution in [2.75, 3.05) is 0 Å².